The van der Waals surface area contributed by atoms with Gasteiger partial charge in [-0.2, -0.15) is 0 Å². The molecule has 2 N–H and O–H groups in total. The van der Waals surface area contributed by atoms with Gasteiger partial charge < -0.3 is 14.7 Å². The predicted octanol–water partition coefficient (Wildman–Crippen LogP) is 3.32. The molecule has 24 heavy (non-hydrogen) atoms. The highest BCUT2D eigenvalue weighted by molar-refractivity contribution is 8.29. The molecule has 0 radical (unpaired) electrons. The number of ether oxygens (including phenoxy) is 1. The summed E-state index contributed by atoms with van der Waals surface area (Å²) in [4.78, 5) is 12.5. The Morgan fingerprint density at radius 2 is 1.79 bits per heavy atom. The third-order valence-electron chi connectivity index (χ3n) is 5.11. The van der Waals surface area contributed by atoms with E-state index in [4.69, 9.17) is 14.7 Å². The molecule has 1 aromatic rings. The highest BCUT2D eigenvalue weighted by atomic mass is 32.3. The molecule has 1 aliphatic carbocycles. The minimum Gasteiger partial charge on any atom is -0.497 e. The van der Waals surface area contributed by atoms with Crippen LogP contribution in [0.4, 0.5) is 0 Å². The van der Waals surface area contributed by atoms with Crippen molar-refractivity contribution < 1.29 is 13.7 Å². The zero-order valence-corrected chi connectivity index (χ0v) is 16.5. The molecule has 0 heterocycles. The zero-order chi connectivity index (χ0) is 18.1. The van der Waals surface area contributed by atoms with Crippen LogP contribution in [-0.2, 0) is 15.4 Å². The van der Waals surface area contributed by atoms with Crippen LogP contribution >= 0.6 is 10.3 Å². The summed E-state index contributed by atoms with van der Waals surface area (Å²) in [5, 5.41) is 0. The Morgan fingerprint density at radius 3 is 2.29 bits per heavy atom. The molecular formula is C19H31NO3S. The van der Waals surface area contributed by atoms with E-state index in [2.05, 4.69) is 33.3 Å². The molecule has 0 aromatic heterocycles. The standard InChI is InChI=1S/C19H31NO3S/c1-19(2,3)24(5,6)23-18-15(17(21)12-16(18)20)11-13-7-9-14(22-4)10-8-13/h7-10,15-16,18H,11-12,20H2,1-6H3. The van der Waals surface area contributed by atoms with Crippen molar-refractivity contribution in [2.45, 2.75) is 50.5 Å². The van der Waals surface area contributed by atoms with Gasteiger partial charge in [0.2, 0.25) is 0 Å². The molecule has 2 rings (SSSR count). The number of ketones is 1. The number of methoxy groups -OCH3 is 1. The van der Waals surface area contributed by atoms with Gasteiger partial charge in [0.25, 0.3) is 0 Å². The fourth-order valence-corrected chi connectivity index (χ4v) is 3.91. The Hall–Kier alpha value is -1.04. The number of hydrogen-bond acceptors (Lipinski definition) is 4. The number of carbonyl (C=O) groups excluding carboxylic acids is 1. The first kappa shape index (κ1) is 19.3. The summed E-state index contributed by atoms with van der Waals surface area (Å²) >= 11 is 0. The highest BCUT2D eigenvalue weighted by Crippen LogP contribution is 2.56. The van der Waals surface area contributed by atoms with Gasteiger partial charge in [-0.15, -0.1) is 10.3 Å². The summed E-state index contributed by atoms with van der Waals surface area (Å²) < 4.78 is 11.7. The summed E-state index contributed by atoms with van der Waals surface area (Å²) in [5.74, 6) is 0.870. The summed E-state index contributed by atoms with van der Waals surface area (Å²) in [5.41, 5.74) is 7.37. The second-order valence-corrected chi connectivity index (χ2v) is 11.8. The van der Waals surface area contributed by atoms with Crippen molar-refractivity contribution in [2.75, 3.05) is 19.6 Å². The third kappa shape index (κ3) is 4.13. The molecule has 0 aliphatic heterocycles. The summed E-state index contributed by atoms with van der Waals surface area (Å²) in [6.07, 6.45) is 5.19. The van der Waals surface area contributed by atoms with Crippen molar-refractivity contribution in [1.82, 2.24) is 0 Å². The van der Waals surface area contributed by atoms with Crippen molar-refractivity contribution in [3.8, 4) is 5.75 Å². The van der Waals surface area contributed by atoms with Gasteiger partial charge in [0.1, 0.15) is 11.5 Å². The number of rotatable bonds is 5. The van der Waals surface area contributed by atoms with Crippen LogP contribution in [0.2, 0.25) is 0 Å². The van der Waals surface area contributed by atoms with Crippen LogP contribution in [0.15, 0.2) is 24.3 Å². The van der Waals surface area contributed by atoms with E-state index in [-0.39, 0.29) is 28.6 Å². The van der Waals surface area contributed by atoms with Crippen LogP contribution in [0.25, 0.3) is 0 Å². The molecule has 1 aromatic carbocycles. The largest absolute Gasteiger partial charge is 0.497 e. The predicted molar refractivity (Wildman–Crippen MR) is 102 cm³/mol. The minimum absolute atomic E-state index is 0.0447. The van der Waals surface area contributed by atoms with Crippen LogP contribution < -0.4 is 10.5 Å². The average Bonchev–Trinajstić information content (AvgIpc) is 2.73. The first-order valence-electron chi connectivity index (χ1n) is 8.37. The van der Waals surface area contributed by atoms with E-state index < -0.39 is 10.3 Å². The van der Waals surface area contributed by atoms with Crippen molar-refractivity contribution in [3.63, 3.8) is 0 Å². The van der Waals surface area contributed by atoms with E-state index in [0.29, 0.717) is 12.8 Å². The lowest BCUT2D eigenvalue weighted by molar-refractivity contribution is -0.121. The molecule has 5 heteroatoms. The molecule has 1 aliphatic rings. The molecule has 0 amide bonds. The van der Waals surface area contributed by atoms with Gasteiger partial charge >= 0.3 is 0 Å². The maximum absolute atomic E-state index is 12.5. The van der Waals surface area contributed by atoms with Gasteiger partial charge in [0.15, 0.2) is 0 Å². The lowest BCUT2D eigenvalue weighted by Crippen LogP contribution is -2.40. The Balaban J connectivity index is 2.17. The summed E-state index contributed by atoms with van der Waals surface area (Å²) in [6.45, 7) is 6.55. The minimum atomic E-state index is -1.33. The smallest absolute Gasteiger partial charge is 0.140 e. The monoisotopic (exact) mass is 353 g/mol. The lowest BCUT2D eigenvalue weighted by atomic mass is 9.95. The van der Waals surface area contributed by atoms with Crippen molar-refractivity contribution in [1.29, 1.82) is 0 Å². The van der Waals surface area contributed by atoms with Gasteiger partial charge in [0.05, 0.1) is 19.1 Å². The van der Waals surface area contributed by atoms with E-state index in [9.17, 15) is 4.79 Å². The molecule has 136 valence electrons. The lowest BCUT2D eigenvalue weighted by Gasteiger charge is -2.46. The maximum atomic E-state index is 12.5. The fourth-order valence-electron chi connectivity index (χ4n) is 2.79. The number of nitrogens with two attached hydrogens (primary N) is 1. The van der Waals surface area contributed by atoms with Crippen LogP contribution in [0.3, 0.4) is 0 Å². The van der Waals surface area contributed by atoms with Crippen molar-refractivity contribution in [2.24, 2.45) is 11.7 Å². The van der Waals surface area contributed by atoms with Crippen LogP contribution in [-0.4, -0.2) is 42.3 Å². The highest BCUT2D eigenvalue weighted by Gasteiger charge is 2.45. The van der Waals surface area contributed by atoms with E-state index in [1.165, 1.54) is 0 Å². The molecule has 0 saturated heterocycles. The van der Waals surface area contributed by atoms with Gasteiger partial charge in [-0.05, 0) is 36.6 Å². The Kier molecular flexibility index (Phi) is 5.68. The van der Waals surface area contributed by atoms with E-state index in [1.807, 2.05) is 24.3 Å². The molecular weight excluding hydrogens is 322 g/mol. The average molecular weight is 354 g/mol. The normalized spacial score (nSPS) is 25.8. The van der Waals surface area contributed by atoms with Gasteiger partial charge in [-0.1, -0.05) is 32.9 Å². The molecule has 0 spiro atoms. The first-order valence-corrected chi connectivity index (χ1v) is 10.7. The number of Topliss-reactive ketones (excluding diaryl/α,β-unsaturated/α-hetero) is 1. The Labute approximate surface area is 147 Å². The van der Waals surface area contributed by atoms with Gasteiger partial charge in [0, 0.05) is 17.2 Å². The number of benzene rings is 1. The molecule has 0 bridgehead atoms. The summed E-state index contributed by atoms with van der Waals surface area (Å²) in [6, 6.07) is 7.66. The van der Waals surface area contributed by atoms with Crippen LogP contribution in [0.5, 0.6) is 5.75 Å². The molecule has 1 saturated carbocycles. The molecule has 3 unspecified atom stereocenters. The number of carbonyl (C=O) groups is 1. The topological polar surface area (TPSA) is 61.5 Å². The van der Waals surface area contributed by atoms with E-state index >= 15 is 0 Å². The maximum Gasteiger partial charge on any atom is 0.140 e. The summed E-state index contributed by atoms with van der Waals surface area (Å²) in [7, 11) is 0.323. The van der Waals surface area contributed by atoms with Gasteiger partial charge in [-0.3, -0.25) is 4.79 Å². The second kappa shape index (κ2) is 7.06. The number of hydrogen-bond donors (Lipinski definition) is 1. The van der Waals surface area contributed by atoms with Crippen molar-refractivity contribution in [3.05, 3.63) is 29.8 Å². The first-order chi connectivity index (χ1) is 11.0. The Morgan fingerprint density at radius 1 is 1.21 bits per heavy atom. The second-order valence-electron chi connectivity index (χ2n) is 7.90. The quantitative estimate of drug-likeness (QED) is 0.882. The van der Waals surface area contributed by atoms with Crippen molar-refractivity contribution >= 4 is 16.1 Å². The zero-order valence-electron chi connectivity index (χ0n) is 15.7. The van der Waals surface area contributed by atoms with Crippen LogP contribution in [0, 0.1) is 5.92 Å². The van der Waals surface area contributed by atoms with E-state index in [1.54, 1.807) is 7.11 Å². The SMILES string of the molecule is COc1ccc(CC2C(=O)CC(N)C2OS(C)(C)C(C)(C)C)cc1. The Bertz CT molecular complexity index is 577. The third-order valence-corrected chi connectivity index (χ3v) is 8.76. The van der Waals surface area contributed by atoms with E-state index in [0.717, 1.165) is 11.3 Å². The molecule has 1 fully saturated rings. The molecule has 4 nitrogen and oxygen atoms in total. The fraction of sp³-hybridized carbons (Fsp3) is 0.632. The van der Waals surface area contributed by atoms with Gasteiger partial charge in [-0.25, -0.2) is 0 Å². The molecule has 3 atom stereocenters. The van der Waals surface area contributed by atoms with Crippen LogP contribution in [0.1, 0.15) is 32.8 Å².